The van der Waals surface area contributed by atoms with Crippen molar-refractivity contribution in [2.24, 2.45) is 5.92 Å². The van der Waals surface area contributed by atoms with Crippen molar-refractivity contribution in [3.63, 3.8) is 0 Å². The molecule has 1 unspecified atom stereocenters. The van der Waals surface area contributed by atoms with Gasteiger partial charge in [-0.1, -0.05) is 0 Å². The molecule has 0 amide bonds. The fraction of sp³-hybridized carbons (Fsp3) is 0.875. The van der Waals surface area contributed by atoms with E-state index in [1.165, 1.54) is 25.7 Å². The average Bonchev–Trinajstić information content (AvgIpc) is 2.03. The summed E-state index contributed by atoms with van der Waals surface area (Å²) >= 11 is -0.355. The van der Waals surface area contributed by atoms with Gasteiger partial charge in [-0.2, -0.15) is 0 Å². The van der Waals surface area contributed by atoms with Crippen molar-refractivity contribution in [2.75, 3.05) is 0 Å². The summed E-state index contributed by atoms with van der Waals surface area (Å²) in [6.45, 7) is 2.28. The molecule has 1 aliphatic carbocycles. The van der Waals surface area contributed by atoms with Crippen molar-refractivity contribution in [1.29, 1.82) is 0 Å². The van der Waals surface area contributed by atoms with Crippen LogP contribution in [0.25, 0.3) is 0 Å². The first kappa shape index (κ1) is 9.45. The third-order valence-electron chi connectivity index (χ3n) is 2.36. The fourth-order valence-electron chi connectivity index (χ4n) is 1.58. The number of rotatable bonds is 3. The molecule has 1 saturated carbocycles. The Bertz CT molecular complexity index is 129. The van der Waals surface area contributed by atoms with Gasteiger partial charge in [0.05, 0.1) is 0 Å². The summed E-state index contributed by atoms with van der Waals surface area (Å²) in [6, 6.07) is 0.641. The van der Waals surface area contributed by atoms with E-state index >= 15 is 0 Å². The first-order valence-corrected chi connectivity index (χ1v) is 6.48. The van der Waals surface area contributed by atoms with Gasteiger partial charge in [0.25, 0.3) is 0 Å². The average molecular weight is 268 g/mol. The predicted octanol–water partition coefficient (Wildman–Crippen LogP) is -1.65. The van der Waals surface area contributed by atoms with Crippen molar-refractivity contribution in [1.82, 2.24) is 3.53 Å². The van der Waals surface area contributed by atoms with Gasteiger partial charge in [-0.25, -0.2) is 0 Å². The Morgan fingerprint density at radius 2 is 2.18 bits per heavy atom. The summed E-state index contributed by atoms with van der Waals surface area (Å²) in [4.78, 5) is 10.1. The van der Waals surface area contributed by atoms with Gasteiger partial charge in [-0.15, -0.1) is 0 Å². The van der Waals surface area contributed by atoms with Gasteiger partial charge in [0, 0.05) is 0 Å². The van der Waals surface area contributed by atoms with E-state index in [1.54, 1.807) is 0 Å². The topological polar surface area (TPSA) is 29.1 Å². The molecule has 0 heterocycles. The van der Waals surface area contributed by atoms with Gasteiger partial charge in [0.15, 0.2) is 0 Å². The zero-order valence-electron chi connectivity index (χ0n) is 6.85. The molecular formula is C8H15INO-. The van der Waals surface area contributed by atoms with Crippen LogP contribution in [0.4, 0.5) is 0 Å². The molecular weight excluding hydrogens is 253 g/mol. The summed E-state index contributed by atoms with van der Waals surface area (Å²) in [5.41, 5.74) is 0. The molecule has 0 aromatic heterocycles. The van der Waals surface area contributed by atoms with E-state index in [-0.39, 0.29) is 21.5 Å². The molecule has 3 heteroatoms. The molecule has 1 rings (SSSR count). The molecule has 1 fully saturated rings. The quantitative estimate of drug-likeness (QED) is 0.287. The minimum atomic E-state index is -0.355. The molecule has 2 atom stereocenters. The van der Waals surface area contributed by atoms with Crippen LogP contribution in [0.2, 0.25) is 0 Å². The van der Waals surface area contributed by atoms with Crippen LogP contribution in [0.5, 0.6) is 0 Å². The van der Waals surface area contributed by atoms with Crippen molar-refractivity contribution in [3.8, 4) is 0 Å². The third-order valence-corrected chi connectivity index (χ3v) is 3.77. The van der Waals surface area contributed by atoms with Gasteiger partial charge in [0.2, 0.25) is 0 Å². The van der Waals surface area contributed by atoms with Crippen LogP contribution in [0, 0.1) is 5.92 Å². The Balaban J connectivity index is 2.23. The Morgan fingerprint density at radius 1 is 1.45 bits per heavy atom. The fourth-order valence-corrected chi connectivity index (χ4v) is 3.12. The van der Waals surface area contributed by atoms with Crippen LogP contribution in [0.3, 0.4) is 0 Å². The maximum absolute atomic E-state index is 10.1. The van der Waals surface area contributed by atoms with Crippen LogP contribution >= 0.6 is 0 Å². The standard InChI is InChI=1S/C8H15INO/c1-7-4-2-3-5-8(7)10-9-6-11/h6-8,10H,2-5H2,1H3/q-1/t7-,8?/m0/s1. The Hall–Kier alpha value is 0.360. The SMILES string of the molecule is C[C@H]1CCCCC1N[I-]C=O. The molecule has 11 heavy (non-hydrogen) atoms. The van der Waals surface area contributed by atoms with Crippen LogP contribution in [0.1, 0.15) is 32.6 Å². The van der Waals surface area contributed by atoms with E-state index < -0.39 is 0 Å². The third kappa shape index (κ3) is 3.07. The van der Waals surface area contributed by atoms with Crippen LogP contribution < -0.4 is 25.0 Å². The van der Waals surface area contributed by atoms with E-state index in [4.69, 9.17) is 0 Å². The van der Waals surface area contributed by atoms with Gasteiger partial charge in [0.1, 0.15) is 0 Å². The van der Waals surface area contributed by atoms with E-state index in [0.717, 1.165) is 10.2 Å². The maximum atomic E-state index is 10.1. The van der Waals surface area contributed by atoms with Gasteiger partial charge in [-0.05, 0) is 0 Å². The van der Waals surface area contributed by atoms with E-state index in [1.807, 2.05) is 0 Å². The zero-order chi connectivity index (χ0) is 8.10. The second kappa shape index (κ2) is 5.09. The summed E-state index contributed by atoms with van der Waals surface area (Å²) < 4.78 is 4.42. The van der Waals surface area contributed by atoms with Gasteiger partial charge >= 0.3 is 78.7 Å². The Kier molecular flexibility index (Phi) is 4.37. The first-order valence-electron chi connectivity index (χ1n) is 4.16. The number of carbonyl (C=O) groups excluding carboxylic acids is 1. The number of halogens is 1. The number of nitrogens with one attached hydrogen (secondary N) is 1. The van der Waals surface area contributed by atoms with Crippen LogP contribution in [0.15, 0.2) is 0 Å². The summed E-state index contributed by atoms with van der Waals surface area (Å²) in [6.07, 6.45) is 5.32. The molecule has 1 aliphatic rings. The summed E-state index contributed by atoms with van der Waals surface area (Å²) in [7, 11) is 0. The summed E-state index contributed by atoms with van der Waals surface area (Å²) in [5, 5.41) is 0. The van der Waals surface area contributed by atoms with E-state index in [9.17, 15) is 4.79 Å². The molecule has 0 bridgehead atoms. The van der Waals surface area contributed by atoms with Crippen LogP contribution in [-0.2, 0) is 4.79 Å². The number of carbonyl (C=O) groups is 1. The Morgan fingerprint density at radius 3 is 2.82 bits per heavy atom. The minimum absolute atomic E-state index is 0.355. The second-order valence-corrected chi connectivity index (χ2v) is 4.93. The molecule has 0 aromatic carbocycles. The predicted molar refractivity (Wildman–Crippen MR) is 41.3 cm³/mol. The van der Waals surface area contributed by atoms with Crippen LogP contribution in [-0.4, -0.2) is 10.3 Å². The number of hydrogen-bond acceptors (Lipinski definition) is 2. The second-order valence-electron chi connectivity index (χ2n) is 3.18. The monoisotopic (exact) mass is 268 g/mol. The molecule has 66 valence electrons. The molecule has 0 aliphatic heterocycles. The van der Waals surface area contributed by atoms with Crippen molar-refractivity contribution < 1.29 is 26.3 Å². The van der Waals surface area contributed by atoms with Crippen molar-refractivity contribution in [3.05, 3.63) is 0 Å². The molecule has 2 nitrogen and oxygen atoms in total. The van der Waals surface area contributed by atoms with Crippen molar-refractivity contribution in [2.45, 2.75) is 38.6 Å². The van der Waals surface area contributed by atoms with Gasteiger partial charge < -0.3 is 0 Å². The molecule has 0 saturated heterocycles. The van der Waals surface area contributed by atoms with E-state index in [2.05, 4.69) is 10.5 Å². The molecule has 1 N–H and O–H groups in total. The summed E-state index contributed by atoms with van der Waals surface area (Å²) in [5.74, 6) is 0.781. The normalized spacial score (nSPS) is 32.1. The van der Waals surface area contributed by atoms with E-state index in [0.29, 0.717) is 6.04 Å². The molecule has 0 aromatic rings. The zero-order valence-corrected chi connectivity index (χ0v) is 9.00. The van der Waals surface area contributed by atoms with Gasteiger partial charge in [-0.3, -0.25) is 0 Å². The number of hydrogen-bond donors (Lipinski definition) is 1. The molecule has 0 radical (unpaired) electrons. The van der Waals surface area contributed by atoms with Crippen molar-refractivity contribution >= 4 is 4.29 Å². The molecule has 0 spiro atoms. The Labute approximate surface area is 78.7 Å². The first-order chi connectivity index (χ1) is 5.34.